The van der Waals surface area contributed by atoms with Gasteiger partial charge in [0.25, 0.3) is 5.91 Å². The molecule has 3 saturated heterocycles. The Bertz CT molecular complexity index is 1120. The van der Waals surface area contributed by atoms with Gasteiger partial charge in [0.05, 0.1) is 29.2 Å². The molecule has 7 atom stereocenters. The Balaban J connectivity index is 1.85. The number of aliphatic hydroxyl groups is 1. The highest BCUT2D eigenvalue weighted by molar-refractivity contribution is 8.02. The van der Waals surface area contributed by atoms with Gasteiger partial charge >= 0.3 is 0 Å². The molecule has 1 aromatic carbocycles. The molecule has 200 valence electrons. The van der Waals surface area contributed by atoms with Gasteiger partial charge in [0.15, 0.2) is 0 Å². The number of aliphatic hydroxyl groups excluding tert-OH is 1. The van der Waals surface area contributed by atoms with Crippen molar-refractivity contribution in [2.75, 3.05) is 31.6 Å². The van der Waals surface area contributed by atoms with Gasteiger partial charge < -0.3 is 19.8 Å². The summed E-state index contributed by atoms with van der Waals surface area (Å²) in [5.41, 5.74) is 2.77. The first-order chi connectivity index (χ1) is 17.5. The molecule has 37 heavy (non-hydrogen) atoms. The largest absolute Gasteiger partial charge is 0.394 e. The molecule has 1 spiro atoms. The molecular weight excluding hydrogens is 486 g/mol. The van der Waals surface area contributed by atoms with E-state index in [-0.39, 0.29) is 35.5 Å². The molecule has 0 radical (unpaired) electrons. The van der Waals surface area contributed by atoms with E-state index in [2.05, 4.69) is 20.1 Å². The number of hydrogen-bond donors (Lipinski definition) is 1. The third-order valence-corrected chi connectivity index (χ3v) is 10.5. The first-order valence-corrected chi connectivity index (χ1v) is 13.9. The van der Waals surface area contributed by atoms with Crippen molar-refractivity contribution in [1.29, 1.82) is 0 Å². The second-order valence-corrected chi connectivity index (χ2v) is 12.4. The van der Waals surface area contributed by atoms with Gasteiger partial charge in [0.1, 0.15) is 6.04 Å². The van der Waals surface area contributed by atoms with Crippen LogP contribution >= 0.6 is 11.8 Å². The Hall–Kier alpha value is -2.58. The molecule has 3 aliphatic rings. The number of nitrogens with zero attached hydrogens (tertiary/aromatic N) is 3. The van der Waals surface area contributed by atoms with Crippen molar-refractivity contribution in [3.63, 3.8) is 0 Å². The average Bonchev–Trinajstić information content (AvgIpc) is 3.46. The summed E-state index contributed by atoms with van der Waals surface area (Å²) in [5.74, 6) is -1.52. The average molecular weight is 526 g/mol. The number of carbonyl (C=O) groups is 3. The number of hydrogen-bond acceptors (Lipinski definition) is 5. The molecule has 0 aromatic heterocycles. The summed E-state index contributed by atoms with van der Waals surface area (Å²) in [5, 5.41) is 10.1. The van der Waals surface area contributed by atoms with Crippen LogP contribution in [-0.2, 0) is 14.4 Å². The standard InChI is InChI=1S/C29H39N3O4S/c1-8-12-30(7)26(34)23-22-15-19(5)29(37-22)24(23)27(35)32(20(6)16-33)25(29)28(36)31(13-9-2)21-14-17(3)10-11-18(21)4/h8-11,14,19-20,22-25,33H,1-2,12-13,15-16H2,3-7H3/t19?,20-,22-,23+,24+,25?,29?/m1/s1. The molecule has 0 aliphatic carbocycles. The number of rotatable bonds is 9. The number of fused-ring (bicyclic) bond motifs is 1. The van der Waals surface area contributed by atoms with Crippen LogP contribution in [0.15, 0.2) is 43.5 Å². The van der Waals surface area contributed by atoms with E-state index in [4.69, 9.17) is 0 Å². The quantitative estimate of drug-likeness (QED) is 0.501. The van der Waals surface area contributed by atoms with Crippen molar-refractivity contribution in [2.24, 2.45) is 17.8 Å². The molecule has 3 fully saturated rings. The van der Waals surface area contributed by atoms with Crippen LogP contribution in [-0.4, -0.2) is 81.5 Å². The molecule has 0 saturated carbocycles. The van der Waals surface area contributed by atoms with E-state index in [1.54, 1.807) is 52.6 Å². The van der Waals surface area contributed by atoms with Crippen molar-refractivity contribution in [3.05, 3.63) is 54.6 Å². The van der Waals surface area contributed by atoms with Gasteiger partial charge in [-0.15, -0.1) is 24.9 Å². The predicted molar refractivity (Wildman–Crippen MR) is 148 cm³/mol. The van der Waals surface area contributed by atoms with Crippen molar-refractivity contribution in [3.8, 4) is 0 Å². The summed E-state index contributed by atoms with van der Waals surface area (Å²) in [6.45, 7) is 15.9. The topological polar surface area (TPSA) is 81.2 Å². The number of carbonyl (C=O) groups excluding carboxylic acids is 3. The number of benzene rings is 1. The summed E-state index contributed by atoms with van der Waals surface area (Å²) in [6.07, 6.45) is 4.14. The third-order valence-electron chi connectivity index (χ3n) is 8.45. The summed E-state index contributed by atoms with van der Waals surface area (Å²) in [7, 11) is 1.74. The fourth-order valence-corrected chi connectivity index (χ4v) is 9.11. The highest BCUT2D eigenvalue weighted by atomic mass is 32.2. The highest BCUT2D eigenvalue weighted by Gasteiger charge is 2.76. The van der Waals surface area contributed by atoms with Gasteiger partial charge in [0.2, 0.25) is 11.8 Å². The minimum absolute atomic E-state index is 0.0286. The predicted octanol–water partition coefficient (Wildman–Crippen LogP) is 3.18. The minimum Gasteiger partial charge on any atom is -0.394 e. The third kappa shape index (κ3) is 4.13. The molecular formula is C29H39N3O4S. The molecule has 1 aromatic rings. The van der Waals surface area contributed by atoms with Crippen molar-refractivity contribution in [2.45, 2.75) is 56.2 Å². The number of likely N-dealkylation sites (N-methyl/N-ethyl adjacent to an activating group) is 1. The molecule has 3 aliphatic heterocycles. The van der Waals surface area contributed by atoms with Gasteiger partial charge in [-0.3, -0.25) is 14.4 Å². The van der Waals surface area contributed by atoms with Gasteiger partial charge in [-0.2, -0.15) is 0 Å². The summed E-state index contributed by atoms with van der Waals surface area (Å²) in [4.78, 5) is 47.4. The molecule has 8 heteroatoms. The minimum atomic E-state index is -0.792. The fourth-order valence-electron chi connectivity index (χ4n) is 6.72. The van der Waals surface area contributed by atoms with Crippen LogP contribution in [0.5, 0.6) is 0 Å². The van der Waals surface area contributed by atoms with Crippen LogP contribution in [0.1, 0.15) is 31.4 Å². The van der Waals surface area contributed by atoms with Crippen LogP contribution in [0.2, 0.25) is 0 Å². The van der Waals surface area contributed by atoms with E-state index in [1.807, 2.05) is 32.0 Å². The Morgan fingerprint density at radius 3 is 2.54 bits per heavy atom. The van der Waals surface area contributed by atoms with Crippen LogP contribution < -0.4 is 4.90 Å². The monoisotopic (exact) mass is 525 g/mol. The van der Waals surface area contributed by atoms with Gasteiger partial charge in [0, 0.05) is 31.1 Å². The number of likely N-dealkylation sites (tertiary alicyclic amines) is 1. The van der Waals surface area contributed by atoms with Crippen molar-refractivity contribution >= 4 is 35.2 Å². The molecule has 3 amide bonds. The summed E-state index contributed by atoms with van der Waals surface area (Å²) in [6, 6.07) is 4.64. The second-order valence-electron chi connectivity index (χ2n) is 10.9. The van der Waals surface area contributed by atoms with Crippen molar-refractivity contribution < 1.29 is 19.5 Å². The number of anilines is 1. The van der Waals surface area contributed by atoms with Crippen molar-refractivity contribution in [1.82, 2.24) is 9.80 Å². The highest BCUT2D eigenvalue weighted by Crippen LogP contribution is 2.69. The maximum atomic E-state index is 14.6. The lowest BCUT2D eigenvalue weighted by atomic mass is 9.65. The fraction of sp³-hybridized carbons (Fsp3) is 0.552. The number of thioether (sulfide) groups is 1. The number of amides is 3. The SMILES string of the molecule is C=CCN(C)C(=O)[C@@H]1[C@H]2C(=O)N([C@H](C)CO)C(C(=O)N(CC=C)c3cc(C)ccc3C)C23S[C@@H]1CC3C. The second kappa shape index (κ2) is 10.3. The van der Waals surface area contributed by atoms with Crippen LogP contribution in [0, 0.1) is 31.6 Å². The van der Waals surface area contributed by atoms with Gasteiger partial charge in [-0.1, -0.05) is 31.2 Å². The lowest BCUT2D eigenvalue weighted by Crippen LogP contribution is -2.59. The maximum absolute atomic E-state index is 14.6. The maximum Gasteiger partial charge on any atom is 0.251 e. The van der Waals surface area contributed by atoms with Gasteiger partial charge in [-0.05, 0) is 50.3 Å². The molecule has 7 nitrogen and oxygen atoms in total. The Morgan fingerprint density at radius 1 is 1.24 bits per heavy atom. The summed E-state index contributed by atoms with van der Waals surface area (Å²) < 4.78 is -0.741. The Labute approximate surface area is 224 Å². The lowest BCUT2D eigenvalue weighted by molar-refractivity contribution is -0.144. The molecule has 3 heterocycles. The summed E-state index contributed by atoms with van der Waals surface area (Å²) >= 11 is 1.65. The van der Waals surface area contributed by atoms with E-state index in [0.717, 1.165) is 23.2 Å². The normalized spacial score (nSPS) is 30.7. The van der Waals surface area contributed by atoms with Crippen LogP contribution in [0.3, 0.4) is 0 Å². The molecule has 2 bridgehead atoms. The Kier molecular flexibility index (Phi) is 7.64. The molecule has 1 N–H and O–H groups in total. The van der Waals surface area contributed by atoms with E-state index in [9.17, 15) is 19.5 Å². The van der Waals surface area contributed by atoms with Crippen LogP contribution in [0.25, 0.3) is 0 Å². The van der Waals surface area contributed by atoms with E-state index in [0.29, 0.717) is 13.1 Å². The first kappa shape index (κ1) is 27.5. The first-order valence-electron chi connectivity index (χ1n) is 13.0. The Morgan fingerprint density at radius 2 is 1.92 bits per heavy atom. The van der Waals surface area contributed by atoms with E-state index in [1.165, 1.54) is 0 Å². The zero-order valence-electron chi connectivity index (χ0n) is 22.5. The molecule has 4 rings (SSSR count). The zero-order chi connectivity index (χ0) is 27.2. The van der Waals surface area contributed by atoms with Crippen LogP contribution in [0.4, 0.5) is 5.69 Å². The number of aryl methyl sites for hydroxylation is 2. The molecule has 3 unspecified atom stereocenters. The van der Waals surface area contributed by atoms with E-state index < -0.39 is 28.7 Å². The zero-order valence-corrected chi connectivity index (χ0v) is 23.3. The lowest BCUT2D eigenvalue weighted by Gasteiger charge is -2.42. The van der Waals surface area contributed by atoms with Gasteiger partial charge in [-0.25, -0.2) is 0 Å². The smallest absolute Gasteiger partial charge is 0.251 e. The van der Waals surface area contributed by atoms with E-state index >= 15 is 0 Å².